The zero-order chi connectivity index (χ0) is 8.97. The topological polar surface area (TPSA) is 23.9 Å². The zero-order valence-electron chi connectivity index (χ0n) is 7.72. The van der Waals surface area contributed by atoms with Gasteiger partial charge in [0, 0.05) is 0 Å². The maximum Gasteiger partial charge on any atom is -0.00444 e. The third-order valence-electron chi connectivity index (χ3n) is 2.06. The van der Waals surface area contributed by atoms with Crippen molar-refractivity contribution in [3.8, 4) is 0 Å². The minimum absolute atomic E-state index is 0.851. The van der Waals surface area contributed by atoms with Crippen molar-refractivity contribution in [1.82, 2.24) is 0 Å². The molecule has 0 saturated carbocycles. The minimum atomic E-state index is 0.851. The fourth-order valence-corrected chi connectivity index (χ4v) is 1.30. The molecule has 0 aromatic heterocycles. The molecular formula is C11H15N. The lowest BCUT2D eigenvalue weighted by molar-refractivity contribution is 1.03. The molecule has 0 aliphatic heterocycles. The van der Waals surface area contributed by atoms with Crippen molar-refractivity contribution in [3.63, 3.8) is 0 Å². The first-order chi connectivity index (χ1) is 5.74. The molecule has 1 rings (SSSR count). The summed E-state index contributed by atoms with van der Waals surface area (Å²) in [6, 6.07) is 6.48. The van der Waals surface area contributed by atoms with Gasteiger partial charge < -0.3 is 5.41 Å². The van der Waals surface area contributed by atoms with E-state index >= 15 is 0 Å². The van der Waals surface area contributed by atoms with E-state index in [0.717, 1.165) is 12.8 Å². The minimum Gasteiger partial charge on any atom is -0.313 e. The van der Waals surface area contributed by atoms with Crippen molar-refractivity contribution >= 4 is 6.21 Å². The summed E-state index contributed by atoms with van der Waals surface area (Å²) in [6.07, 6.45) is 3.32. The van der Waals surface area contributed by atoms with Crippen LogP contribution >= 0.6 is 0 Å². The zero-order valence-corrected chi connectivity index (χ0v) is 7.72. The molecular weight excluding hydrogens is 146 g/mol. The molecule has 0 spiro atoms. The molecule has 0 atom stereocenters. The average molecular weight is 161 g/mol. The fourth-order valence-electron chi connectivity index (χ4n) is 1.30. The Balaban J connectivity index is 2.82. The predicted molar refractivity (Wildman–Crippen MR) is 53.0 cm³/mol. The Hall–Kier alpha value is -1.11. The molecule has 1 aromatic rings. The predicted octanol–water partition coefficient (Wildman–Crippen LogP) is 2.89. The molecule has 0 fully saturated rings. The van der Waals surface area contributed by atoms with Crippen LogP contribution < -0.4 is 0 Å². The molecule has 0 unspecified atom stereocenters. The van der Waals surface area contributed by atoms with E-state index in [9.17, 15) is 0 Å². The highest BCUT2D eigenvalue weighted by Gasteiger charge is 1.96. The van der Waals surface area contributed by atoms with Crippen LogP contribution in [0.15, 0.2) is 18.2 Å². The summed E-state index contributed by atoms with van der Waals surface area (Å²) in [4.78, 5) is 0. The van der Waals surface area contributed by atoms with E-state index in [1.807, 2.05) is 0 Å². The van der Waals surface area contributed by atoms with Gasteiger partial charge in [0.25, 0.3) is 0 Å². The van der Waals surface area contributed by atoms with Crippen molar-refractivity contribution in [1.29, 1.82) is 5.41 Å². The van der Waals surface area contributed by atoms with Crippen LogP contribution in [0.5, 0.6) is 0 Å². The summed E-state index contributed by atoms with van der Waals surface area (Å²) in [6.45, 7) is 4.23. The summed E-state index contributed by atoms with van der Waals surface area (Å²) < 4.78 is 0. The molecule has 0 amide bonds. The van der Waals surface area contributed by atoms with Crippen molar-refractivity contribution < 1.29 is 0 Å². The molecule has 1 aromatic carbocycles. The highest BCUT2D eigenvalue weighted by atomic mass is 14.3. The Morgan fingerprint density at radius 1 is 1.33 bits per heavy atom. The largest absolute Gasteiger partial charge is 0.313 e. The van der Waals surface area contributed by atoms with Gasteiger partial charge >= 0.3 is 0 Å². The molecule has 1 N–H and O–H groups in total. The van der Waals surface area contributed by atoms with E-state index in [2.05, 4.69) is 32.0 Å². The van der Waals surface area contributed by atoms with Gasteiger partial charge in [0.2, 0.25) is 0 Å². The van der Waals surface area contributed by atoms with Gasteiger partial charge in [-0.15, -0.1) is 0 Å². The van der Waals surface area contributed by atoms with Crippen LogP contribution in [0, 0.1) is 19.3 Å². The molecule has 0 saturated heterocycles. The second-order valence-electron chi connectivity index (χ2n) is 3.17. The van der Waals surface area contributed by atoms with Crippen LogP contribution in [0.1, 0.15) is 23.1 Å². The number of nitrogens with one attached hydrogen (secondary N) is 1. The lowest BCUT2D eigenvalue weighted by atomic mass is 10.0. The molecule has 0 aliphatic rings. The fraction of sp³-hybridized carbons (Fsp3) is 0.364. The van der Waals surface area contributed by atoms with E-state index < -0.39 is 0 Å². The molecule has 0 bridgehead atoms. The number of benzene rings is 1. The Morgan fingerprint density at radius 2 is 2.08 bits per heavy atom. The van der Waals surface area contributed by atoms with E-state index in [-0.39, 0.29) is 0 Å². The molecule has 1 heteroatoms. The van der Waals surface area contributed by atoms with Crippen LogP contribution in [0.25, 0.3) is 0 Å². The molecule has 0 radical (unpaired) electrons. The molecule has 64 valence electrons. The number of rotatable bonds is 3. The number of hydrogen-bond donors (Lipinski definition) is 1. The van der Waals surface area contributed by atoms with Crippen molar-refractivity contribution in [3.05, 3.63) is 34.9 Å². The summed E-state index contributed by atoms with van der Waals surface area (Å²) in [5, 5.41) is 6.95. The Labute approximate surface area is 73.9 Å². The summed E-state index contributed by atoms with van der Waals surface area (Å²) in [5.41, 5.74) is 4.02. The lowest BCUT2D eigenvalue weighted by Gasteiger charge is -2.04. The standard InChI is InChI=1S/C11H15N/c1-9-5-6-10(2)11(8-9)4-3-7-12/h5-8,12H,3-4H2,1-2H3. The molecule has 12 heavy (non-hydrogen) atoms. The van der Waals surface area contributed by atoms with Gasteiger partial charge in [-0.3, -0.25) is 0 Å². The quantitative estimate of drug-likeness (QED) is 0.659. The van der Waals surface area contributed by atoms with Crippen LogP contribution in [0.4, 0.5) is 0 Å². The van der Waals surface area contributed by atoms with Gasteiger partial charge in [-0.05, 0) is 44.0 Å². The van der Waals surface area contributed by atoms with Crippen LogP contribution in [0.2, 0.25) is 0 Å². The average Bonchev–Trinajstić information content (AvgIpc) is 2.07. The van der Waals surface area contributed by atoms with Gasteiger partial charge in [0.05, 0.1) is 0 Å². The number of aryl methyl sites for hydroxylation is 3. The Bertz CT molecular complexity index is 276. The Morgan fingerprint density at radius 3 is 2.75 bits per heavy atom. The first-order valence-corrected chi connectivity index (χ1v) is 4.29. The van der Waals surface area contributed by atoms with Gasteiger partial charge in [0.1, 0.15) is 0 Å². The molecule has 0 aliphatic carbocycles. The van der Waals surface area contributed by atoms with Crippen molar-refractivity contribution in [2.24, 2.45) is 0 Å². The summed E-state index contributed by atoms with van der Waals surface area (Å²) >= 11 is 0. The van der Waals surface area contributed by atoms with Gasteiger partial charge in [-0.1, -0.05) is 23.8 Å². The van der Waals surface area contributed by atoms with E-state index in [1.165, 1.54) is 22.9 Å². The summed E-state index contributed by atoms with van der Waals surface area (Å²) in [7, 11) is 0. The van der Waals surface area contributed by atoms with E-state index in [0.29, 0.717) is 0 Å². The third kappa shape index (κ3) is 2.19. The van der Waals surface area contributed by atoms with E-state index in [4.69, 9.17) is 5.41 Å². The normalized spacial score (nSPS) is 9.83. The Kier molecular flexibility index (Phi) is 3.03. The third-order valence-corrected chi connectivity index (χ3v) is 2.06. The van der Waals surface area contributed by atoms with Gasteiger partial charge in [0.15, 0.2) is 0 Å². The van der Waals surface area contributed by atoms with Crippen LogP contribution in [-0.4, -0.2) is 6.21 Å². The molecule has 0 heterocycles. The summed E-state index contributed by atoms with van der Waals surface area (Å²) in [5.74, 6) is 0. The second-order valence-corrected chi connectivity index (χ2v) is 3.17. The second kappa shape index (κ2) is 4.05. The smallest absolute Gasteiger partial charge is 0.00444 e. The SMILES string of the molecule is Cc1ccc(C)c(CCC=N)c1. The van der Waals surface area contributed by atoms with Crippen molar-refractivity contribution in [2.75, 3.05) is 0 Å². The maximum absolute atomic E-state index is 6.95. The van der Waals surface area contributed by atoms with Gasteiger partial charge in [-0.25, -0.2) is 0 Å². The molecule has 1 nitrogen and oxygen atoms in total. The lowest BCUT2D eigenvalue weighted by Crippen LogP contribution is -1.90. The maximum atomic E-state index is 6.95. The highest BCUT2D eigenvalue weighted by Crippen LogP contribution is 2.11. The first kappa shape index (κ1) is 8.98. The van der Waals surface area contributed by atoms with Crippen molar-refractivity contribution in [2.45, 2.75) is 26.7 Å². The van der Waals surface area contributed by atoms with Crippen LogP contribution in [-0.2, 0) is 6.42 Å². The monoisotopic (exact) mass is 161 g/mol. The highest BCUT2D eigenvalue weighted by molar-refractivity contribution is 5.53. The van der Waals surface area contributed by atoms with Crippen LogP contribution in [0.3, 0.4) is 0 Å². The number of hydrogen-bond acceptors (Lipinski definition) is 1. The first-order valence-electron chi connectivity index (χ1n) is 4.29. The van der Waals surface area contributed by atoms with E-state index in [1.54, 1.807) is 0 Å². The van der Waals surface area contributed by atoms with Gasteiger partial charge in [-0.2, -0.15) is 0 Å².